The summed E-state index contributed by atoms with van der Waals surface area (Å²) in [4.78, 5) is 0.873. The van der Waals surface area contributed by atoms with E-state index in [9.17, 15) is 13.2 Å². The van der Waals surface area contributed by atoms with Crippen LogP contribution in [0.1, 0.15) is 34.5 Å². The molecule has 1 atom stereocenters. The molecule has 0 aliphatic carbocycles. The number of nitrogens with one attached hydrogen (secondary N) is 1. The van der Waals surface area contributed by atoms with Gasteiger partial charge in [0.25, 0.3) is 0 Å². The van der Waals surface area contributed by atoms with Gasteiger partial charge in [-0.25, -0.2) is 0 Å². The first kappa shape index (κ1) is 16.5. The zero-order chi connectivity index (χ0) is 15.6. The molecule has 0 aliphatic heterocycles. The van der Waals surface area contributed by atoms with Crippen LogP contribution in [0.5, 0.6) is 0 Å². The molecule has 1 unspecified atom stereocenters. The number of hydrogen-bond acceptors (Lipinski definition) is 2. The Morgan fingerprint density at radius 2 is 1.95 bits per heavy atom. The van der Waals surface area contributed by atoms with Crippen LogP contribution in [-0.4, -0.2) is 6.54 Å². The molecule has 0 aliphatic rings. The van der Waals surface area contributed by atoms with Crippen LogP contribution in [0.3, 0.4) is 0 Å². The summed E-state index contributed by atoms with van der Waals surface area (Å²) < 4.78 is 40.6. The van der Waals surface area contributed by atoms with Crippen LogP contribution in [0, 0.1) is 6.92 Å². The van der Waals surface area contributed by atoms with E-state index < -0.39 is 17.8 Å². The number of thiophene rings is 1. The SMILES string of the molecule is CCNC(c1cc(C)c(Br)s1)c1ccccc1C(F)(F)F. The van der Waals surface area contributed by atoms with Gasteiger partial charge in [-0.2, -0.15) is 13.2 Å². The third-order valence-corrected chi connectivity index (χ3v) is 5.35. The van der Waals surface area contributed by atoms with Crippen molar-refractivity contribution in [1.82, 2.24) is 5.32 Å². The summed E-state index contributed by atoms with van der Waals surface area (Å²) in [6.07, 6.45) is -4.35. The molecule has 114 valence electrons. The normalized spacial score (nSPS) is 13.4. The maximum atomic E-state index is 13.2. The predicted octanol–water partition coefficient (Wildman–Crippen LogP) is 5.54. The summed E-state index contributed by atoms with van der Waals surface area (Å²) in [6.45, 7) is 4.41. The second-order valence-electron chi connectivity index (χ2n) is 4.68. The maximum absolute atomic E-state index is 13.2. The number of halogens is 4. The number of alkyl halides is 3. The Bertz CT molecular complexity index is 602. The minimum atomic E-state index is -4.35. The molecule has 1 N–H and O–H groups in total. The monoisotopic (exact) mass is 377 g/mol. The van der Waals surface area contributed by atoms with Crippen molar-refractivity contribution in [1.29, 1.82) is 0 Å². The highest BCUT2D eigenvalue weighted by Crippen LogP contribution is 2.39. The zero-order valence-electron chi connectivity index (χ0n) is 11.6. The molecule has 1 aromatic carbocycles. The fourth-order valence-electron chi connectivity index (χ4n) is 2.20. The summed E-state index contributed by atoms with van der Waals surface area (Å²) in [5, 5.41) is 3.16. The first-order valence-electron chi connectivity index (χ1n) is 6.50. The summed E-state index contributed by atoms with van der Waals surface area (Å²) >= 11 is 4.90. The van der Waals surface area contributed by atoms with Gasteiger partial charge < -0.3 is 5.32 Å². The van der Waals surface area contributed by atoms with Crippen LogP contribution in [-0.2, 0) is 6.18 Å². The van der Waals surface area contributed by atoms with Crippen LogP contribution in [0.15, 0.2) is 34.1 Å². The molecule has 2 aromatic rings. The summed E-state index contributed by atoms with van der Waals surface area (Å²) in [6, 6.07) is 7.21. The third kappa shape index (κ3) is 3.67. The van der Waals surface area contributed by atoms with E-state index in [1.807, 2.05) is 19.9 Å². The lowest BCUT2D eigenvalue weighted by atomic mass is 9.98. The van der Waals surface area contributed by atoms with Crippen LogP contribution >= 0.6 is 27.3 Å². The lowest BCUT2D eigenvalue weighted by molar-refractivity contribution is -0.138. The summed E-state index contributed by atoms with van der Waals surface area (Å²) in [5.41, 5.74) is 0.709. The van der Waals surface area contributed by atoms with Gasteiger partial charge in [0.05, 0.1) is 15.4 Å². The molecule has 0 bridgehead atoms. The molecule has 0 spiro atoms. The standard InChI is InChI=1S/C15H15BrF3NS/c1-3-20-13(12-8-9(2)14(16)21-12)10-6-4-5-7-11(10)15(17,18)19/h4-8,13,20H,3H2,1-2H3. The number of rotatable bonds is 4. The highest BCUT2D eigenvalue weighted by molar-refractivity contribution is 9.11. The highest BCUT2D eigenvalue weighted by Gasteiger charge is 2.35. The van der Waals surface area contributed by atoms with E-state index in [1.54, 1.807) is 12.1 Å². The molecule has 0 amide bonds. The lowest BCUT2D eigenvalue weighted by Gasteiger charge is -2.21. The van der Waals surface area contributed by atoms with Crippen molar-refractivity contribution in [3.05, 3.63) is 55.7 Å². The summed E-state index contributed by atoms with van der Waals surface area (Å²) in [5.74, 6) is 0. The molecular formula is C15H15BrF3NS. The first-order chi connectivity index (χ1) is 9.84. The highest BCUT2D eigenvalue weighted by atomic mass is 79.9. The summed E-state index contributed by atoms with van der Waals surface area (Å²) in [7, 11) is 0. The first-order valence-corrected chi connectivity index (χ1v) is 8.11. The molecular weight excluding hydrogens is 363 g/mol. The predicted molar refractivity (Wildman–Crippen MR) is 83.7 cm³/mol. The van der Waals surface area contributed by atoms with Crippen LogP contribution in [0.25, 0.3) is 0 Å². The minimum Gasteiger partial charge on any atom is -0.306 e. The average molecular weight is 378 g/mol. The van der Waals surface area contributed by atoms with Crippen molar-refractivity contribution in [2.45, 2.75) is 26.1 Å². The van der Waals surface area contributed by atoms with E-state index in [0.717, 1.165) is 20.3 Å². The van der Waals surface area contributed by atoms with Gasteiger partial charge in [0.1, 0.15) is 0 Å². The van der Waals surface area contributed by atoms with Crippen molar-refractivity contribution in [3.8, 4) is 0 Å². The lowest BCUT2D eigenvalue weighted by Crippen LogP contribution is -2.24. The molecule has 1 nitrogen and oxygen atoms in total. The molecule has 0 saturated heterocycles. The van der Waals surface area contributed by atoms with Gasteiger partial charge in [0, 0.05) is 4.88 Å². The van der Waals surface area contributed by atoms with E-state index >= 15 is 0 Å². The smallest absolute Gasteiger partial charge is 0.306 e. The molecule has 0 saturated carbocycles. The Morgan fingerprint density at radius 3 is 2.48 bits per heavy atom. The molecule has 1 aromatic heterocycles. The number of hydrogen-bond donors (Lipinski definition) is 1. The molecule has 0 fully saturated rings. The van der Waals surface area contributed by atoms with Gasteiger partial charge in [-0.15, -0.1) is 11.3 Å². The van der Waals surface area contributed by atoms with E-state index in [0.29, 0.717) is 6.54 Å². The molecule has 6 heteroatoms. The van der Waals surface area contributed by atoms with Crippen molar-refractivity contribution in [2.24, 2.45) is 0 Å². The topological polar surface area (TPSA) is 12.0 Å². The molecule has 1 heterocycles. The van der Waals surface area contributed by atoms with Crippen molar-refractivity contribution in [2.75, 3.05) is 6.54 Å². The Kier molecular flexibility index (Phi) is 5.11. The van der Waals surface area contributed by atoms with E-state index in [2.05, 4.69) is 21.2 Å². The Hall–Kier alpha value is -0.850. The van der Waals surface area contributed by atoms with Crippen LogP contribution in [0.2, 0.25) is 0 Å². The van der Waals surface area contributed by atoms with E-state index in [4.69, 9.17) is 0 Å². The van der Waals surface area contributed by atoms with Crippen LogP contribution < -0.4 is 5.32 Å². The van der Waals surface area contributed by atoms with Gasteiger partial charge >= 0.3 is 6.18 Å². The van der Waals surface area contributed by atoms with Gasteiger partial charge in [-0.3, -0.25) is 0 Å². The number of aryl methyl sites for hydroxylation is 1. The van der Waals surface area contributed by atoms with Crippen LogP contribution in [0.4, 0.5) is 13.2 Å². The fraction of sp³-hybridized carbons (Fsp3) is 0.333. The zero-order valence-corrected chi connectivity index (χ0v) is 14.0. The quantitative estimate of drug-likeness (QED) is 0.737. The largest absolute Gasteiger partial charge is 0.416 e. The second-order valence-corrected chi connectivity index (χ2v) is 7.08. The van der Waals surface area contributed by atoms with Crippen molar-refractivity contribution < 1.29 is 13.2 Å². The Labute approximate surface area is 134 Å². The number of benzene rings is 1. The van der Waals surface area contributed by atoms with E-state index in [1.165, 1.54) is 17.4 Å². The van der Waals surface area contributed by atoms with E-state index in [-0.39, 0.29) is 5.56 Å². The maximum Gasteiger partial charge on any atom is 0.416 e. The van der Waals surface area contributed by atoms with Gasteiger partial charge in [-0.05, 0) is 52.7 Å². The van der Waals surface area contributed by atoms with Crippen molar-refractivity contribution in [3.63, 3.8) is 0 Å². The minimum absolute atomic E-state index is 0.264. The molecule has 0 radical (unpaired) electrons. The van der Waals surface area contributed by atoms with Gasteiger partial charge in [0.15, 0.2) is 0 Å². The van der Waals surface area contributed by atoms with Crippen molar-refractivity contribution >= 4 is 27.3 Å². The Balaban J connectivity index is 2.53. The second kappa shape index (κ2) is 6.50. The third-order valence-electron chi connectivity index (χ3n) is 3.15. The molecule has 2 rings (SSSR count). The van der Waals surface area contributed by atoms with Gasteiger partial charge in [-0.1, -0.05) is 25.1 Å². The Morgan fingerprint density at radius 1 is 1.29 bits per heavy atom. The fourth-order valence-corrected chi connectivity index (χ4v) is 3.87. The average Bonchev–Trinajstić information content (AvgIpc) is 2.75. The van der Waals surface area contributed by atoms with Gasteiger partial charge in [0.2, 0.25) is 0 Å². The molecule has 21 heavy (non-hydrogen) atoms.